The Labute approximate surface area is 121 Å². The number of amides is 1. The van der Waals surface area contributed by atoms with Crippen LogP contribution in [-0.4, -0.2) is 25.0 Å². The SMILES string of the molecule is Cl.O=C(NCC[C@H]1CCCN1)C1C2C3CCC(C3)C12. The van der Waals surface area contributed by atoms with Crippen LogP contribution in [0.5, 0.6) is 0 Å². The molecule has 5 atom stereocenters. The van der Waals surface area contributed by atoms with Crippen LogP contribution in [-0.2, 0) is 4.79 Å². The molecule has 19 heavy (non-hydrogen) atoms. The van der Waals surface area contributed by atoms with E-state index in [0.717, 1.165) is 43.2 Å². The molecule has 3 saturated carbocycles. The predicted octanol–water partition coefficient (Wildman–Crippen LogP) is 1.96. The van der Waals surface area contributed by atoms with Crippen molar-refractivity contribution in [2.24, 2.45) is 29.6 Å². The van der Waals surface area contributed by atoms with Gasteiger partial charge in [0, 0.05) is 18.5 Å². The van der Waals surface area contributed by atoms with Crippen LogP contribution in [0, 0.1) is 29.6 Å². The summed E-state index contributed by atoms with van der Waals surface area (Å²) in [4.78, 5) is 12.2. The van der Waals surface area contributed by atoms with Gasteiger partial charge in [-0.3, -0.25) is 4.79 Å². The highest BCUT2D eigenvalue weighted by Crippen LogP contribution is 2.69. The summed E-state index contributed by atoms with van der Waals surface area (Å²) in [5.41, 5.74) is 0. The molecule has 0 spiro atoms. The van der Waals surface area contributed by atoms with Crippen LogP contribution in [0.4, 0.5) is 0 Å². The number of halogens is 1. The molecule has 0 aromatic rings. The monoisotopic (exact) mass is 284 g/mol. The summed E-state index contributed by atoms with van der Waals surface area (Å²) in [7, 11) is 0. The van der Waals surface area contributed by atoms with Gasteiger partial charge < -0.3 is 10.6 Å². The van der Waals surface area contributed by atoms with E-state index in [9.17, 15) is 4.79 Å². The molecule has 3 nitrogen and oxygen atoms in total. The number of nitrogens with one attached hydrogen (secondary N) is 2. The lowest BCUT2D eigenvalue weighted by Crippen LogP contribution is -2.32. The Balaban J connectivity index is 0.00000110. The standard InChI is InChI=1S/C15H24N2O.ClH/c18-15(17-7-5-11-2-1-6-16-11)14-12-9-3-4-10(8-9)13(12)14;/h9-14,16H,1-8H2,(H,17,18);1H/t9?,10?,11-,12?,13?,14?;/m1./s1. The lowest BCUT2D eigenvalue weighted by atomic mass is 10.0. The van der Waals surface area contributed by atoms with Crippen LogP contribution in [0.2, 0.25) is 0 Å². The second-order valence-corrected chi connectivity index (χ2v) is 6.89. The first-order valence-electron chi connectivity index (χ1n) is 7.85. The molecular weight excluding hydrogens is 260 g/mol. The summed E-state index contributed by atoms with van der Waals surface area (Å²) in [6.07, 6.45) is 7.94. The Hall–Kier alpha value is -0.280. The molecule has 1 heterocycles. The highest BCUT2D eigenvalue weighted by molar-refractivity contribution is 5.85. The van der Waals surface area contributed by atoms with Gasteiger partial charge in [-0.15, -0.1) is 12.4 Å². The summed E-state index contributed by atoms with van der Waals surface area (Å²) in [5.74, 6) is 4.17. The molecule has 4 fully saturated rings. The Morgan fingerprint density at radius 2 is 1.89 bits per heavy atom. The van der Waals surface area contributed by atoms with Crippen molar-refractivity contribution in [2.75, 3.05) is 13.1 Å². The number of hydrogen-bond acceptors (Lipinski definition) is 2. The Kier molecular flexibility index (Phi) is 3.78. The van der Waals surface area contributed by atoms with Gasteiger partial charge in [0.25, 0.3) is 0 Å². The third-order valence-corrected chi connectivity index (χ3v) is 5.99. The molecule has 1 amide bonds. The Morgan fingerprint density at radius 1 is 1.16 bits per heavy atom. The second kappa shape index (κ2) is 5.25. The van der Waals surface area contributed by atoms with Gasteiger partial charge in [-0.1, -0.05) is 0 Å². The van der Waals surface area contributed by atoms with Crippen LogP contribution in [0.25, 0.3) is 0 Å². The molecule has 2 bridgehead atoms. The molecule has 2 N–H and O–H groups in total. The summed E-state index contributed by atoms with van der Waals surface area (Å²) in [6.45, 7) is 2.04. The highest BCUT2D eigenvalue weighted by atomic mass is 35.5. The highest BCUT2D eigenvalue weighted by Gasteiger charge is 2.67. The lowest BCUT2D eigenvalue weighted by molar-refractivity contribution is -0.123. The topological polar surface area (TPSA) is 41.1 Å². The van der Waals surface area contributed by atoms with Gasteiger partial charge in [-0.05, 0) is 68.7 Å². The van der Waals surface area contributed by atoms with E-state index in [1.165, 1.54) is 32.1 Å². The first-order valence-corrected chi connectivity index (χ1v) is 7.85. The largest absolute Gasteiger partial charge is 0.356 e. The van der Waals surface area contributed by atoms with E-state index in [2.05, 4.69) is 10.6 Å². The zero-order valence-corrected chi connectivity index (χ0v) is 12.3. The van der Waals surface area contributed by atoms with E-state index in [1.807, 2.05) is 0 Å². The first kappa shape index (κ1) is 13.7. The molecule has 1 saturated heterocycles. The van der Waals surface area contributed by atoms with Crippen LogP contribution in [0.1, 0.15) is 38.5 Å². The molecule has 4 heteroatoms. The maximum Gasteiger partial charge on any atom is 0.223 e. The van der Waals surface area contributed by atoms with Crippen LogP contribution < -0.4 is 10.6 Å². The predicted molar refractivity (Wildman–Crippen MR) is 77.2 cm³/mol. The number of hydrogen-bond donors (Lipinski definition) is 2. The number of carbonyl (C=O) groups excluding carboxylic acids is 1. The third-order valence-electron chi connectivity index (χ3n) is 5.99. The van der Waals surface area contributed by atoms with Crippen LogP contribution >= 0.6 is 12.4 Å². The van der Waals surface area contributed by atoms with Crippen molar-refractivity contribution in [1.82, 2.24) is 10.6 Å². The van der Waals surface area contributed by atoms with Crippen LogP contribution in [0.3, 0.4) is 0 Å². The van der Waals surface area contributed by atoms with E-state index < -0.39 is 0 Å². The molecule has 4 unspecified atom stereocenters. The Morgan fingerprint density at radius 3 is 2.53 bits per heavy atom. The van der Waals surface area contributed by atoms with E-state index in [-0.39, 0.29) is 12.4 Å². The van der Waals surface area contributed by atoms with E-state index in [0.29, 0.717) is 17.9 Å². The zero-order valence-electron chi connectivity index (χ0n) is 11.4. The fourth-order valence-electron chi connectivity index (χ4n) is 5.17. The van der Waals surface area contributed by atoms with Gasteiger partial charge >= 0.3 is 0 Å². The molecule has 1 aliphatic heterocycles. The van der Waals surface area contributed by atoms with Gasteiger partial charge in [0.05, 0.1) is 0 Å². The second-order valence-electron chi connectivity index (χ2n) is 6.89. The molecule has 0 aromatic carbocycles. The zero-order chi connectivity index (χ0) is 12.1. The Bertz CT molecular complexity index is 340. The fourth-order valence-corrected chi connectivity index (χ4v) is 5.17. The molecule has 0 aromatic heterocycles. The van der Waals surface area contributed by atoms with Crippen molar-refractivity contribution in [2.45, 2.75) is 44.6 Å². The molecular formula is C15H25ClN2O. The normalized spacial score (nSPS) is 45.7. The summed E-state index contributed by atoms with van der Waals surface area (Å²) in [5, 5.41) is 6.68. The van der Waals surface area contributed by atoms with Crippen molar-refractivity contribution in [1.29, 1.82) is 0 Å². The van der Waals surface area contributed by atoms with Gasteiger partial charge in [-0.25, -0.2) is 0 Å². The molecule has 3 aliphatic carbocycles. The summed E-state index contributed by atoms with van der Waals surface area (Å²) in [6, 6.07) is 0.653. The minimum absolute atomic E-state index is 0. The molecule has 108 valence electrons. The summed E-state index contributed by atoms with van der Waals surface area (Å²) >= 11 is 0. The van der Waals surface area contributed by atoms with Crippen molar-refractivity contribution in [3.05, 3.63) is 0 Å². The van der Waals surface area contributed by atoms with Gasteiger partial charge in [0.2, 0.25) is 5.91 Å². The summed E-state index contributed by atoms with van der Waals surface area (Å²) < 4.78 is 0. The number of carbonyl (C=O) groups is 1. The van der Waals surface area contributed by atoms with Crippen molar-refractivity contribution in [3.8, 4) is 0 Å². The maximum absolute atomic E-state index is 12.2. The van der Waals surface area contributed by atoms with Crippen LogP contribution in [0.15, 0.2) is 0 Å². The average Bonchev–Trinajstić information content (AvgIpc) is 2.80. The van der Waals surface area contributed by atoms with Crippen molar-refractivity contribution in [3.63, 3.8) is 0 Å². The minimum Gasteiger partial charge on any atom is -0.356 e. The molecule has 4 aliphatic rings. The average molecular weight is 285 g/mol. The van der Waals surface area contributed by atoms with E-state index in [1.54, 1.807) is 0 Å². The van der Waals surface area contributed by atoms with Gasteiger partial charge in [0.15, 0.2) is 0 Å². The van der Waals surface area contributed by atoms with Crippen molar-refractivity contribution >= 4 is 18.3 Å². The third kappa shape index (κ3) is 2.29. The smallest absolute Gasteiger partial charge is 0.223 e. The fraction of sp³-hybridized carbons (Fsp3) is 0.933. The van der Waals surface area contributed by atoms with E-state index >= 15 is 0 Å². The van der Waals surface area contributed by atoms with E-state index in [4.69, 9.17) is 0 Å². The number of rotatable bonds is 4. The van der Waals surface area contributed by atoms with Crippen molar-refractivity contribution < 1.29 is 4.79 Å². The quantitative estimate of drug-likeness (QED) is 0.829. The first-order chi connectivity index (χ1) is 8.84. The number of fused-ring (bicyclic) bond motifs is 5. The lowest BCUT2D eigenvalue weighted by Gasteiger charge is -2.12. The molecule has 4 rings (SSSR count). The maximum atomic E-state index is 12.2. The van der Waals surface area contributed by atoms with Gasteiger partial charge in [-0.2, -0.15) is 0 Å². The minimum atomic E-state index is 0. The molecule has 0 radical (unpaired) electrons. The van der Waals surface area contributed by atoms with Gasteiger partial charge in [0.1, 0.15) is 0 Å².